The van der Waals surface area contributed by atoms with Crippen molar-refractivity contribution in [2.45, 2.75) is 147 Å². The molecule has 4 heterocycles. The van der Waals surface area contributed by atoms with Gasteiger partial charge in [0.15, 0.2) is 0 Å². The molecule has 6 fully saturated rings. The molecule has 20 heteroatoms. The van der Waals surface area contributed by atoms with Gasteiger partial charge >= 0.3 is 12.2 Å². The molecular formula is C50H84N12O8. The van der Waals surface area contributed by atoms with Crippen molar-refractivity contribution in [3.63, 3.8) is 0 Å². The summed E-state index contributed by atoms with van der Waals surface area (Å²) >= 11 is 0. The Morgan fingerprint density at radius 2 is 1.00 bits per heavy atom. The van der Waals surface area contributed by atoms with Gasteiger partial charge < -0.3 is 49.2 Å². The molecule has 4 amide bonds. The maximum absolute atomic E-state index is 13.7. The van der Waals surface area contributed by atoms with E-state index in [0.29, 0.717) is 115 Å². The number of aliphatic imine (C=N–C) groups is 2. The molecule has 6 rings (SSSR count). The average molecular weight is 981 g/mol. The van der Waals surface area contributed by atoms with Crippen molar-refractivity contribution >= 4 is 35.9 Å². The first kappa shape index (κ1) is 56.2. The number of piperidine rings is 2. The third kappa shape index (κ3) is 18.4. The number of rotatable bonds is 11. The minimum Gasteiger partial charge on any atom is -0.453 e. The highest BCUT2D eigenvalue weighted by Gasteiger charge is 2.40. The SMILES string of the molecule is CN1CCC(C#N)(NC(=O)C(CC2CCCCC2)N=C(NC(=O)OCC(C)(C)C)N2CCOCC2)CC1.COC(=O)NC(=NC(CC1CCCCC1)C(=O)NC1(C#N)CCN(C)CC1)N1CCOCC1. The quantitative estimate of drug-likeness (QED) is 0.166. The fourth-order valence-electron chi connectivity index (χ4n) is 9.87. The fourth-order valence-corrected chi connectivity index (χ4v) is 9.87. The molecule has 2 saturated carbocycles. The number of nitrogens with zero attached hydrogens (tertiary/aromatic N) is 8. The van der Waals surface area contributed by atoms with E-state index in [0.717, 1.165) is 77.5 Å². The van der Waals surface area contributed by atoms with E-state index in [1.54, 1.807) is 0 Å². The summed E-state index contributed by atoms with van der Waals surface area (Å²) in [5.41, 5.74) is -1.93. The van der Waals surface area contributed by atoms with Crippen LogP contribution in [0.25, 0.3) is 0 Å². The minimum absolute atomic E-state index is 0.170. The summed E-state index contributed by atoms with van der Waals surface area (Å²) in [5, 5.41) is 31.5. The number of nitriles is 2. The zero-order chi connectivity index (χ0) is 50.6. The van der Waals surface area contributed by atoms with E-state index < -0.39 is 35.3 Å². The zero-order valence-corrected chi connectivity index (χ0v) is 43.2. The standard InChI is InChI=1S/C27H46N6O4.C23H38N6O4/c1-26(2,3)20-37-25(35)30-24(33-14-16-36-17-15-33)29-22(18-21-8-6-5-7-9-21)23(34)31-27(19-28)10-12-32(4)13-11-27;1-28-10-8-23(17-24,9-11-28)27-20(30)19(16-18-6-4-3-5-7-18)25-21(26-22(31)32-2)29-12-14-33-15-13-29/h21-22H,5-18,20H2,1-4H3,(H,31,34)(H,29,30,35);18-19H,3-16H2,1-2H3,(H,27,30)(H,25,26,31). The van der Waals surface area contributed by atoms with Crippen LogP contribution < -0.4 is 21.3 Å². The molecule has 0 spiro atoms. The van der Waals surface area contributed by atoms with E-state index in [-0.39, 0.29) is 23.8 Å². The molecule has 6 aliphatic rings. The number of nitrogens with one attached hydrogen (secondary N) is 4. The molecular weight excluding hydrogens is 897 g/mol. The molecule has 2 aliphatic carbocycles. The van der Waals surface area contributed by atoms with E-state index in [1.807, 2.05) is 44.7 Å². The van der Waals surface area contributed by atoms with Gasteiger partial charge in [0.05, 0.1) is 52.3 Å². The van der Waals surface area contributed by atoms with Crippen molar-refractivity contribution in [2.24, 2.45) is 27.2 Å². The summed E-state index contributed by atoms with van der Waals surface area (Å²) in [6, 6.07) is 3.36. The summed E-state index contributed by atoms with van der Waals surface area (Å²) in [5.74, 6) is 0.972. The van der Waals surface area contributed by atoms with Crippen molar-refractivity contribution < 1.29 is 38.1 Å². The molecule has 0 bridgehead atoms. The second-order valence-electron chi connectivity index (χ2n) is 21.5. The summed E-state index contributed by atoms with van der Waals surface area (Å²) in [6.45, 7) is 13.6. The first-order valence-electron chi connectivity index (χ1n) is 26.0. The van der Waals surface area contributed by atoms with Gasteiger partial charge in [-0.05, 0) is 69.9 Å². The number of amides is 4. The molecule has 2 atom stereocenters. The first-order chi connectivity index (χ1) is 33.5. The Labute approximate surface area is 417 Å². The predicted octanol–water partition coefficient (Wildman–Crippen LogP) is 4.36. The second-order valence-corrected chi connectivity index (χ2v) is 21.5. The number of hydrogen-bond donors (Lipinski definition) is 4. The van der Waals surface area contributed by atoms with Crippen LogP contribution >= 0.6 is 0 Å². The Morgan fingerprint density at radius 3 is 1.34 bits per heavy atom. The maximum atomic E-state index is 13.7. The van der Waals surface area contributed by atoms with Crippen molar-refractivity contribution in [1.29, 1.82) is 10.5 Å². The highest BCUT2D eigenvalue weighted by molar-refractivity contribution is 5.97. The van der Waals surface area contributed by atoms with E-state index in [4.69, 9.17) is 28.9 Å². The van der Waals surface area contributed by atoms with Gasteiger partial charge in [0.2, 0.25) is 23.7 Å². The molecule has 4 saturated heterocycles. The van der Waals surface area contributed by atoms with Crippen molar-refractivity contribution in [3.05, 3.63) is 0 Å². The average Bonchev–Trinajstić information content (AvgIpc) is 3.37. The molecule has 0 aromatic rings. The van der Waals surface area contributed by atoms with Gasteiger partial charge in [-0.3, -0.25) is 20.2 Å². The van der Waals surface area contributed by atoms with Crippen LogP contribution in [0.15, 0.2) is 9.98 Å². The van der Waals surface area contributed by atoms with Crippen molar-refractivity contribution in [1.82, 2.24) is 40.9 Å². The van der Waals surface area contributed by atoms with Crippen LogP contribution in [0.2, 0.25) is 0 Å². The molecule has 2 unspecified atom stereocenters. The number of carbonyl (C=O) groups excluding carboxylic acids is 4. The van der Waals surface area contributed by atoms with E-state index in [1.165, 1.54) is 20.0 Å². The van der Waals surface area contributed by atoms with Crippen LogP contribution in [0.3, 0.4) is 0 Å². The van der Waals surface area contributed by atoms with Crippen molar-refractivity contribution in [3.8, 4) is 12.1 Å². The number of ether oxygens (including phenoxy) is 4. The molecule has 4 aliphatic heterocycles. The summed E-state index contributed by atoms with van der Waals surface area (Å²) in [6.07, 6.45) is 13.7. The van der Waals surface area contributed by atoms with Crippen LogP contribution in [-0.4, -0.2) is 185 Å². The second kappa shape index (κ2) is 27.7. The molecule has 0 aromatic heterocycles. The molecule has 70 heavy (non-hydrogen) atoms. The van der Waals surface area contributed by atoms with E-state index >= 15 is 0 Å². The van der Waals surface area contributed by atoms with Gasteiger partial charge in [-0.15, -0.1) is 0 Å². The third-order valence-corrected chi connectivity index (χ3v) is 14.4. The molecule has 392 valence electrons. The summed E-state index contributed by atoms with van der Waals surface area (Å²) in [4.78, 5) is 69.8. The Kier molecular flexibility index (Phi) is 22.3. The third-order valence-electron chi connectivity index (χ3n) is 14.4. The fraction of sp³-hybridized carbons (Fsp3) is 0.840. The molecule has 0 radical (unpaired) electrons. The Bertz CT molecular complexity index is 1820. The largest absolute Gasteiger partial charge is 0.453 e. The molecule has 20 nitrogen and oxygen atoms in total. The van der Waals surface area contributed by atoms with Gasteiger partial charge in [0, 0.05) is 52.4 Å². The lowest BCUT2D eigenvalue weighted by atomic mass is 9.84. The van der Waals surface area contributed by atoms with E-state index in [2.05, 4.69) is 43.2 Å². The van der Waals surface area contributed by atoms with Gasteiger partial charge in [-0.1, -0.05) is 85.0 Å². The lowest BCUT2D eigenvalue weighted by Crippen LogP contribution is -2.56. The van der Waals surface area contributed by atoms with Crippen LogP contribution in [0.1, 0.15) is 124 Å². The number of morpholine rings is 2. The minimum atomic E-state index is -0.887. The van der Waals surface area contributed by atoms with Crippen molar-refractivity contribution in [2.75, 3.05) is 107 Å². The molecule has 0 aromatic carbocycles. The maximum Gasteiger partial charge on any atom is 0.413 e. The van der Waals surface area contributed by atoms with E-state index in [9.17, 15) is 29.7 Å². The zero-order valence-electron chi connectivity index (χ0n) is 43.2. The highest BCUT2D eigenvalue weighted by atomic mass is 16.6. The summed E-state index contributed by atoms with van der Waals surface area (Å²) < 4.78 is 21.2. The van der Waals surface area contributed by atoms with Gasteiger partial charge in [0.25, 0.3) is 0 Å². The number of carbonyl (C=O) groups is 4. The number of alkyl carbamates (subject to hydrolysis) is 2. The van der Waals surface area contributed by atoms with Crippen LogP contribution in [0.5, 0.6) is 0 Å². The predicted molar refractivity (Wildman–Crippen MR) is 266 cm³/mol. The van der Waals surface area contributed by atoms with Gasteiger partial charge in [0.1, 0.15) is 23.2 Å². The number of likely N-dealkylation sites (tertiary alicyclic amines) is 2. The van der Waals surface area contributed by atoms with Crippen LogP contribution in [-0.2, 0) is 28.5 Å². The smallest absolute Gasteiger partial charge is 0.413 e. The lowest BCUT2D eigenvalue weighted by molar-refractivity contribution is -0.125. The Hall–Kier alpha value is -4.76. The highest BCUT2D eigenvalue weighted by Crippen LogP contribution is 2.31. The number of guanidine groups is 2. The topological polar surface area (TPSA) is 239 Å². The molecule has 4 N–H and O–H groups in total. The first-order valence-corrected chi connectivity index (χ1v) is 26.0. The Balaban J connectivity index is 0.000000262. The Morgan fingerprint density at radius 1 is 0.629 bits per heavy atom. The number of hydrogen-bond acceptors (Lipinski definition) is 14. The van der Waals surface area contributed by atoms with Crippen LogP contribution in [0.4, 0.5) is 9.59 Å². The normalized spacial score (nSPS) is 22.9. The van der Waals surface area contributed by atoms with Crippen LogP contribution in [0, 0.1) is 39.9 Å². The summed E-state index contributed by atoms with van der Waals surface area (Å²) in [7, 11) is 5.35. The number of methoxy groups -OCH3 is 1. The monoisotopic (exact) mass is 981 g/mol. The van der Waals surface area contributed by atoms with Gasteiger partial charge in [-0.25, -0.2) is 19.6 Å². The lowest BCUT2D eigenvalue weighted by Gasteiger charge is -2.37. The van der Waals surface area contributed by atoms with Gasteiger partial charge in [-0.2, -0.15) is 10.5 Å².